The maximum atomic E-state index is 10.2. The fourth-order valence-electron chi connectivity index (χ4n) is 3.35. The highest BCUT2D eigenvalue weighted by Crippen LogP contribution is 2.29. The van der Waals surface area contributed by atoms with E-state index in [2.05, 4.69) is 28.7 Å². The highest BCUT2D eigenvalue weighted by molar-refractivity contribution is 6.04. The van der Waals surface area contributed by atoms with Crippen molar-refractivity contribution in [2.24, 2.45) is 4.99 Å². The maximum Gasteiger partial charge on any atom is 0.198 e. The summed E-state index contributed by atoms with van der Waals surface area (Å²) in [5, 5.41) is 11.2. The van der Waals surface area contributed by atoms with Crippen LogP contribution < -0.4 is 4.74 Å². The minimum absolute atomic E-state index is 0.140. The minimum Gasteiger partial charge on any atom is -0.494 e. The van der Waals surface area contributed by atoms with Crippen LogP contribution in [0.2, 0.25) is 0 Å². The van der Waals surface area contributed by atoms with Gasteiger partial charge in [-0.15, -0.1) is 0 Å². The number of aromatic hydroxyl groups is 1. The molecule has 5 nitrogen and oxygen atoms in total. The topological polar surface area (TPSA) is 60.9 Å². The van der Waals surface area contributed by atoms with Gasteiger partial charge in [-0.1, -0.05) is 26.0 Å². The summed E-state index contributed by atoms with van der Waals surface area (Å²) in [4.78, 5) is 9.91. The van der Waals surface area contributed by atoms with E-state index in [1.165, 1.54) is 0 Å². The van der Waals surface area contributed by atoms with Gasteiger partial charge in [-0.2, -0.15) is 0 Å². The van der Waals surface area contributed by atoms with E-state index in [0.717, 1.165) is 54.0 Å². The second-order valence-corrected chi connectivity index (χ2v) is 6.87. The molecule has 2 aromatic carbocycles. The van der Waals surface area contributed by atoms with Crippen molar-refractivity contribution in [1.82, 2.24) is 9.88 Å². The van der Waals surface area contributed by atoms with Gasteiger partial charge < -0.3 is 19.7 Å². The van der Waals surface area contributed by atoms with Crippen LogP contribution in [-0.2, 0) is 0 Å². The van der Waals surface area contributed by atoms with E-state index in [1.807, 2.05) is 49.4 Å². The molecule has 0 atom stereocenters. The van der Waals surface area contributed by atoms with Gasteiger partial charge >= 0.3 is 0 Å². The summed E-state index contributed by atoms with van der Waals surface area (Å²) in [5.41, 5.74) is 3.54. The Morgan fingerprint density at radius 3 is 2.57 bits per heavy atom. The summed E-state index contributed by atoms with van der Waals surface area (Å²) in [6.07, 6.45) is 2.72. The highest BCUT2D eigenvalue weighted by atomic mass is 16.5. The third kappa shape index (κ3) is 4.73. The van der Waals surface area contributed by atoms with Crippen molar-refractivity contribution in [1.29, 1.82) is 0 Å². The molecule has 0 bridgehead atoms. The van der Waals surface area contributed by atoms with Crippen molar-refractivity contribution >= 4 is 22.8 Å². The highest BCUT2D eigenvalue weighted by Gasteiger charge is 2.10. The predicted octanol–water partition coefficient (Wildman–Crippen LogP) is 5.04. The first-order chi connectivity index (χ1) is 13.6. The van der Waals surface area contributed by atoms with Crippen LogP contribution in [0.5, 0.6) is 11.6 Å². The lowest BCUT2D eigenvalue weighted by molar-refractivity contribution is 0.249. The number of rotatable bonds is 9. The minimum atomic E-state index is 0.140. The fraction of sp³-hybridized carbons (Fsp3) is 0.348. The molecule has 28 heavy (non-hydrogen) atoms. The number of aromatic nitrogens is 1. The molecule has 0 amide bonds. The van der Waals surface area contributed by atoms with E-state index < -0.39 is 0 Å². The average Bonchev–Trinajstić information content (AvgIpc) is 3.04. The molecule has 0 saturated heterocycles. The van der Waals surface area contributed by atoms with Gasteiger partial charge in [-0.25, -0.2) is 0 Å². The zero-order valence-corrected chi connectivity index (χ0v) is 16.9. The Bertz CT molecular complexity index is 925. The Kier molecular flexibility index (Phi) is 6.71. The number of aromatic amines is 1. The summed E-state index contributed by atoms with van der Waals surface area (Å²) in [6.45, 7) is 10.3. The van der Waals surface area contributed by atoms with E-state index in [9.17, 15) is 5.11 Å². The van der Waals surface area contributed by atoms with Crippen molar-refractivity contribution in [3.05, 3.63) is 53.6 Å². The monoisotopic (exact) mass is 379 g/mol. The van der Waals surface area contributed by atoms with Gasteiger partial charge in [0.25, 0.3) is 0 Å². The number of hydrogen-bond donors (Lipinski definition) is 2. The first-order valence-corrected chi connectivity index (χ1v) is 9.92. The zero-order chi connectivity index (χ0) is 19.9. The van der Waals surface area contributed by atoms with Crippen molar-refractivity contribution in [2.45, 2.75) is 27.2 Å². The lowest BCUT2D eigenvalue weighted by Gasteiger charge is -2.17. The van der Waals surface area contributed by atoms with Crippen LogP contribution in [0.25, 0.3) is 10.9 Å². The van der Waals surface area contributed by atoms with Crippen molar-refractivity contribution in [3.8, 4) is 11.6 Å². The second kappa shape index (κ2) is 9.42. The fourth-order valence-corrected chi connectivity index (χ4v) is 3.35. The molecule has 0 radical (unpaired) electrons. The summed E-state index contributed by atoms with van der Waals surface area (Å²) in [6, 6.07) is 13.7. The van der Waals surface area contributed by atoms with E-state index in [1.54, 1.807) is 6.21 Å². The molecule has 0 fully saturated rings. The molecular formula is C23H29N3O2. The number of nitrogens with zero attached hydrogens (tertiary/aromatic N) is 2. The van der Waals surface area contributed by atoms with Crippen LogP contribution in [0.15, 0.2) is 47.5 Å². The van der Waals surface area contributed by atoms with E-state index in [4.69, 9.17) is 4.74 Å². The Labute approximate surface area is 166 Å². The van der Waals surface area contributed by atoms with Gasteiger partial charge in [-0.05, 0) is 62.3 Å². The Balaban J connectivity index is 1.61. The molecular weight excluding hydrogens is 350 g/mol. The molecule has 1 heterocycles. The van der Waals surface area contributed by atoms with Gasteiger partial charge in [0.05, 0.1) is 17.9 Å². The Morgan fingerprint density at radius 1 is 1.11 bits per heavy atom. The van der Waals surface area contributed by atoms with E-state index in [-0.39, 0.29) is 5.88 Å². The molecule has 0 unspecified atom stereocenters. The number of aryl methyl sites for hydroxylation is 1. The lowest BCUT2D eigenvalue weighted by atomic mass is 10.1. The van der Waals surface area contributed by atoms with E-state index >= 15 is 0 Å². The molecule has 0 aliphatic carbocycles. The quantitative estimate of drug-likeness (QED) is 0.404. The molecule has 1 aromatic heterocycles. The van der Waals surface area contributed by atoms with E-state index in [0.29, 0.717) is 12.2 Å². The average molecular weight is 380 g/mol. The summed E-state index contributed by atoms with van der Waals surface area (Å²) < 4.78 is 5.82. The van der Waals surface area contributed by atoms with Crippen LogP contribution >= 0.6 is 0 Å². The molecule has 3 aromatic rings. The van der Waals surface area contributed by atoms with Crippen molar-refractivity contribution in [3.63, 3.8) is 0 Å². The summed E-state index contributed by atoms with van der Waals surface area (Å²) in [5.74, 6) is 0.991. The third-order valence-electron chi connectivity index (χ3n) is 5.01. The smallest absolute Gasteiger partial charge is 0.198 e. The lowest BCUT2D eigenvalue weighted by Crippen LogP contribution is -2.25. The molecule has 2 N–H and O–H groups in total. The van der Waals surface area contributed by atoms with Crippen LogP contribution in [0, 0.1) is 6.92 Å². The summed E-state index contributed by atoms with van der Waals surface area (Å²) >= 11 is 0. The molecule has 0 aliphatic heterocycles. The molecule has 0 aliphatic rings. The molecule has 0 spiro atoms. The number of ether oxygens (including phenoxy) is 1. The number of H-pyrrole nitrogens is 1. The zero-order valence-electron chi connectivity index (χ0n) is 16.9. The number of hydrogen-bond acceptors (Lipinski definition) is 4. The molecule has 0 saturated carbocycles. The largest absolute Gasteiger partial charge is 0.494 e. The predicted molar refractivity (Wildman–Crippen MR) is 116 cm³/mol. The number of nitrogens with one attached hydrogen (secondary N) is 1. The number of benzene rings is 2. The molecule has 148 valence electrons. The Hall–Kier alpha value is -2.79. The van der Waals surface area contributed by atoms with Crippen molar-refractivity contribution < 1.29 is 9.84 Å². The number of aliphatic imine (C=N–C) groups is 1. The third-order valence-corrected chi connectivity index (χ3v) is 5.01. The summed E-state index contributed by atoms with van der Waals surface area (Å²) in [7, 11) is 0. The first-order valence-electron chi connectivity index (χ1n) is 9.92. The van der Waals surface area contributed by atoms with Crippen LogP contribution in [0.3, 0.4) is 0 Å². The van der Waals surface area contributed by atoms with Crippen LogP contribution in [0.1, 0.15) is 31.4 Å². The van der Waals surface area contributed by atoms with Crippen LogP contribution in [-0.4, -0.2) is 47.4 Å². The van der Waals surface area contributed by atoms with Crippen molar-refractivity contribution in [2.75, 3.05) is 26.2 Å². The van der Waals surface area contributed by atoms with Gasteiger partial charge in [0, 0.05) is 23.7 Å². The normalized spacial score (nSPS) is 11.7. The standard InChI is InChI=1S/C23H29N3O2/c1-4-26(5-2)14-7-15-28-19-12-10-18(11-13-19)24-16-20-22-17(3)8-6-9-21(22)25-23(20)27/h6,8-13,16,25,27H,4-5,7,14-15H2,1-3H3. The molecule has 3 rings (SSSR count). The SMILES string of the molecule is CCN(CC)CCCOc1ccc(N=Cc2c(O)[nH]c3cccc(C)c23)cc1. The maximum absolute atomic E-state index is 10.2. The van der Waals surface area contributed by atoms with Gasteiger partial charge in [-0.3, -0.25) is 4.99 Å². The van der Waals surface area contributed by atoms with Gasteiger partial charge in [0.2, 0.25) is 0 Å². The Morgan fingerprint density at radius 2 is 1.86 bits per heavy atom. The second-order valence-electron chi connectivity index (χ2n) is 6.87. The van der Waals surface area contributed by atoms with Gasteiger partial charge in [0.1, 0.15) is 5.75 Å². The van der Waals surface area contributed by atoms with Gasteiger partial charge in [0.15, 0.2) is 5.88 Å². The first kappa shape index (κ1) is 20.0. The molecule has 5 heteroatoms. The number of fused-ring (bicyclic) bond motifs is 1. The van der Waals surface area contributed by atoms with Crippen LogP contribution in [0.4, 0.5) is 5.69 Å².